The van der Waals surface area contributed by atoms with E-state index in [-0.39, 0.29) is 0 Å². The summed E-state index contributed by atoms with van der Waals surface area (Å²) in [5.41, 5.74) is 0. The zero-order valence-corrected chi connectivity index (χ0v) is 8.63. The van der Waals surface area contributed by atoms with Crippen LogP contribution in [-0.4, -0.2) is 6.21 Å². The highest BCUT2D eigenvalue weighted by molar-refractivity contribution is 5.58. The molecule has 0 spiro atoms. The fourth-order valence-corrected chi connectivity index (χ4v) is 1.30. The van der Waals surface area contributed by atoms with E-state index in [0.717, 1.165) is 6.42 Å². The molecule has 13 heavy (non-hydrogen) atoms. The lowest BCUT2D eigenvalue weighted by Crippen LogP contribution is -1.80. The molecule has 0 bridgehead atoms. The molecule has 0 aromatic carbocycles. The molecule has 0 aromatic heterocycles. The Hall–Kier alpha value is -0.840. The number of nitriles is 1. The summed E-state index contributed by atoms with van der Waals surface area (Å²) in [6.07, 6.45) is 13.6. The Morgan fingerprint density at radius 1 is 1.08 bits per heavy atom. The SMILES string of the molecule is CCCCCCCCCC=NC#N. The molecule has 74 valence electrons. The van der Waals surface area contributed by atoms with E-state index in [1.54, 1.807) is 12.4 Å². The summed E-state index contributed by atoms with van der Waals surface area (Å²) >= 11 is 0. The highest BCUT2D eigenvalue weighted by atomic mass is 14.7. The molecule has 0 aliphatic heterocycles. The maximum Gasteiger partial charge on any atom is 0.205 e. The maximum absolute atomic E-state index is 8.12. The lowest BCUT2D eigenvalue weighted by Gasteiger charge is -1.97. The monoisotopic (exact) mass is 180 g/mol. The molecule has 0 unspecified atom stereocenters. The number of rotatable bonds is 8. The summed E-state index contributed by atoms with van der Waals surface area (Å²) in [6.45, 7) is 2.23. The predicted octanol–water partition coefficient (Wildman–Crippen LogP) is 3.68. The molecular formula is C11H20N2. The summed E-state index contributed by atoms with van der Waals surface area (Å²) < 4.78 is 0. The van der Waals surface area contributed by atoms with Gasteiger partial charge in [-0.15, -0.1) is 0 Å². The second kappa shape index (κ2) is 11.2. The Bertz CT molecular complexity index is 156. The van der Waals surface area contributed by atoms with Gasteiger partial charge in [-0.3, -0.25) is 0 Å². The van der Waals surface area contributed by atoms with Gasteiger partial charge in [0.1, 0.15) is 0 Å². The highest BCUT2D eigenvalue weighted by Gasteiger charge is 1.89. The van der Waals surface area contributed by atoms with Crippen LogP contribution < -0.4 is 0 Å². The van der Waals surface area contributed by atoms with Crippen LogP contribution in [0.15, 0.2) is 4.99 Å². The first-order valence-electron chi connectivity index (χ1n) is 5.32. The first-order valence-corrected chi connectivity index (χ1v) is 5.32. The van der Waals surface area contributed by atoms with Crippen molar-refractivity contribution < 1.29 is 0 Å². The van der Waals surface area contributed by atoms with Gasteiger partial charge in [0.25, 0.3) is 0 Å². The number of nitrogens with zero attached hydrogens (tertiary/aromatic N) is 2. The van der Waals surface area contributed by atoms with Crippen LogP contribution in [0.5, 0.6) is 0 Å². The largest absolute Gasteiger partial charge is 0.205 e. The molecule has 0 fully saturated rings. The molecule has 0 N–H and O–H groups in total. The molecule has 2 nitrogen and oxygen atoms in total. The van der Waals surface area contributed by atoms with Gasteiger partial charge in [-0.05, 0) is 12.8 Å². The first kappa shape index (κ1) is 12.2. The third kappa shape index (κ3) is 11.2. The van der Waals surface area contributed by atoms with Gasteiger partial charge in [-0.1, -0.05) is 45.4 Å². The van der Waals surface area contributed by atoms with E-state index >= 15 is 0 Å². The molecule has 0 rings (SSSR count). The van der Waals surface area contributed by atoms with Crippen molar-refractivity contribution in [3.05, 3.63) is 0 Å². The third-order valence-electron chi connectivity index (χ3n) is 2.09. The summed E-state index contributed by atoms with van der Waals surface area (Å²) in [6, 6.07) is 0. The first-order chi connectivity index (χ1) is 6.41. The Kier molecular flexibility index (Phi) is 10.4. The molecule has 0 saturated carbocycles. The van der Waals surface area contributed by atoms with Gasteiger partial charge in [0.15, 0.2) is 0 Å². The van der Waals surface area contributed by atoms with E-state index in [1.807, 2.05) is 0 Å². The molecule has 0 saturated heterocycles. The summed E-state index contributed by atoms with van der Waals surface area (Å²) in [5.74, 6) is 0. The fourth-order valence-electron chi connectivity index (χ4n) is 1.30. The lowest BCUT2D eigenvalue weighted by molar-refractivity contribution is 0.596. The molecular weight excluding hydrogens is 160 g/mol. The third-order valence-corrected chi connectivity index (χ3v) is 2.09. The van der Waals surface area contributed by atoms with Gasteiger partial charge in [0.2, 0.25) is 6.19 Å². The van der Waals surface area contributed by atoms with Gasteiger partial charge in [0, 0.05) is 6.21 Å². The minimum atomic E-state index is 0.960. The van der Waals surface area contributed by atoms with Crippen molar-refractivity contribution in [2.75, 3.05) is 0 Å². The Morgan fingerprint density at radius 3 is 2.31 bits per heavy atom. The van der Waals surface area contributed by atoms with Gasteiger partial charge >= 0.3 is 0 Å². The molecule has 0 aromatic rings. The Balaban J connectivity index is 2.92. The number of aliphatic imine (C=N–C) groups is 1. The Morgan fingerprint density at radius 2 is 1.69 bits per heavy atom. The normalized spacial score (nSPS) is 10.5. The standard InChI is InChI=1S/C11H20N2/c1-2-3-4-5-6-7-8-9-10-13-11-12/h10H,2-9H2,1H3. The van der Waals surface area contributed by atoms with Crippen LogP contribution in [0, 0.1) is 11.5 Å². The van der Waals surface area contributed by atoms with Crippen molar-refractivity contribution in [3.8, 4) is 6.19 Å². The average molecular weight is 180 g/mol. The molecule has 0 atom stereocenters. The summed E-state index contributed by atoms with van der Waals surface area (Å²) in [5, 5.41) is 8.12. The van der Waals surface area contributed by atoms with Gasteiger partial charge in [0.05, 0.1) is 0 Å². The van der Waals surface area contributed by atoms with Crippen LogP contribution in [0.2, 0.25) is 0 Å². The molecule has 0 radical (unpaired) electrons. The molecule has 0 amide bonds. The van der Waals surface area contributed by atoms with E-state index in [9.17, 15) is 0 Å². The van der Waals surface area contributed by atoms with E-state index in [1.165, 1.54) is 44.9 Å². The van der Waals surface area contributed by atoms with Crippen molar-refractivity contribution in [1.29, 1.82) is 5.26 Å². The molecule has 2 heteroatoms. The quantitative estimate of drug-likeness (QED) is 0.319. The van der Waals surface area contributed by atoms with E-state index < -0.39 is 0 Å². The van der Waals surface area contributed by atoms with Crippen molar-refractivity contribution >= 4 is 6.21 Å². The Labute approximate surface area is 81.7 Å². The van der Waals surface area contributed by atoms with E-state index in [2.05, 4.69) is 11.9 Å². The van der Waals surface area contributed by atoms with Gasteiger partial charge < -0.3 is 0 Å². The van der Waals surface area contributed by atoms with Gasteiger partial charge in [-0.25, -0.2) is 0 Å². The van der Waals surface area contributed by atoms with Crippen LogP contribution in [0.1, 0.15) is 58.3 Å². The van der Waals surface area contributed by atoms with Gasteiger partial charge in [-0.2, -0.15) is 10.3 Å². The highest BCUT2D eigenvalue weighted by Crippen LogP contribution is 2.07. The van der Waals surface area contributed by atoms with Crippen LogP contribution >= 0.6 is 0 Å². The number of hydrogen-bond donors (Lipinski definition) is 0. The smallest absolute Gasteiger partial charge is 0.186 e. The zero-order chi connectivity index (χ0) is 9.78. The molecule has 0 aliphatic carbocycles. The zero-order valence-electron chi connectivity index (χ0n) is 8.63. The van der Waals surface area contributed by atoms with Crippen molar-refractivity contribution in [1.82, 2.24) is 0 Å². The number of hydrogen-bond acceptors (Lipinski definition) is 2. The van der Waals surface area contributed by atoms with Crippen molar-refractivity contribution in [2.45, 2.75) is 58.3 Å². The minimum Gasteiger partial charge on any atom is -0.186 e. The van der Waals surface area contributed by atoms with Crippen molar-refractivity contribution in [3.63, 3.8) is 0 Å². The second-order valence-corrected chi connectivity index (χ2v) is 3.32. The van der Waals surface area contributed by atoms with Crippen LogP contribution in [0.3, 0.4) is 0 Å². The minimum absolute atomic E-state index is 0.960. The van der Waals surface area contributed by atoms with Crippen molar-refractivity contribution in [2.24, 2.45) is 4.99 Å². The fraction of sp³-hybridized carbons (Fsp3) is 0.818. The predicted molar refractivity (Wildman–Crippen MR) is 56.7 cm³/mol. The lowest BCUT2D eigenvalue weighted by atomic mass is 10.1. The summed E-state index contributed by atoms with van der Waals surface area (Å²) in [4.78, 5) is 3.50. The maximum atomic E-state index is 8.12. The second-order valence-electron chi connectivity index (χ2n) is 3.32. The van der Waals surface area contributed by atoms with E-state index in [4.69, 9.17) is 5.26 Å². The topological polar surface area (TPSA) is 36.1 Å². The van der Waals surface area contributed by atoms with Crippen LogP contribution in [0.4, 0.5) is 0 Å². The number of unbranched alkanes of at least 4 members (excludes halogenated alkanes) is 7. The molecule has 0 heterocycles. The molecule has 0 aliphatic rings. The van der Waals surface area contributed by atoms with Crippen LogP contribution in [-0.2, 0) is 0 Å². The van der Waals surface area contributed by atoms with E-state index in [0.29, 0.717) is 0 Å². The summed E-state index contributed by atoms with van der Waals surface area (Å²) in [7, 11) is 0. The average Bonchev–Trinajstić information content (AvgIpc) is 2.16. The van der Waals surface area contributed by atoms with Crippen LogP contribution in [0.25, 0.3) is 0 Å².